The van der Waals surface area contributed by atoms with Crippen LogP contribution in [0.25, 0.3) is 11.3 Å². The highest BCUT2D eigenvalue weighted by atomic mass is 79.9. The van der Waals surface area contributed by atoms with E-state index in [1.165, 1.54) is 18.4 Å². The minimum atomic E-state index is -1.22. The van der Waals surface area contributed by atoms with Crippen molar-refractivity contribution in [2.75, 3.05) is 0 Å². The smallest absolute Gasteiger partial charge is 0.335 e. The second-order valence-electron chi connectivity index (χ2n) is 3.39. The fourth-order valence-electron chi connectivity index (χ4n) is 1.49. The van der Waals surface area contributed by atoms with Crippen LogP contribution < -0.4 is 0 Å². The first-order valence-corrected chi connectivity index (χ1v) is 5.55. The van der Waals surface area contributed by atoms with Gasteiger partial charge < -0.3 is 9.52 Å². The van der Waals surface area contributed by atoms with Crippen LogP contribution in [0.3, 0.4) is 0 Å². The van der Waals surface area contributed by atoms with Gasteiger partial charge in [0.25, 0.3) is 5.69 Å². The molecule has 0 atom stereocenters. The number of nitro benzene ring substituents is 1. The first-order chi connectivity index (χ1) is 8.50. The van der Waals surface area contributed by atoms with Gasteiger partial charge in [0.1, 0.15) is 0 Å². The predicted molar refractivity (Wildman–Crippen MR) is 65.5 cm³/mol. The van der Waals surface area contributed by atoms with E-state index in [1.807, 2.05) is 0 Å². The monoisotopic (exact) mass is 311 g/mol. The largest absolute Gasteiger partial charge is 0.478 e. The summed E-state index contributed by atoms with van der Waals surface area (Å²) in [6, 6.07) is 5.25. The lowest BCUT2D eigenvalue weighted by atomic mass is 10.1. The summed E-state index contributed by atoms with van der Waals surface area (Å²) in [5.74, 6) is -0.929. The number of carboxylic acids is 1. The number of nitro groups is 1. The molecule has 0 spiro atoms. The van der Waals surface area contributed by atoms with Crippen molar-refractivity contribution in [2.45, 2.75) is 0 Å². The molecule has 18 heavy (non-hydrogen) atoms. The Bertz CT molecular complexity index is 634. The molecule has 0 unspecified atom stereocenters. The fraction of sp³-hybridized carbons (Fsp3) is 0. The molecule has 92 valence electrons. The molecule has 0 amide bonds. The lowest BCUT2D eigenvalue weighted by Crippen LogP contribution is -1.99. The maximum absolute atomic E-state index is 11.0. The number of furan rings is 1. The second kappa shape index (κ2) is 4.61. The molecule has 1 N–H and O–H groups in total. The SMILES string of the molecule is O=C(O)c1ccc(-c2occc2Br)c([N+](=O)[O-])c1. The van der Waals surface area contributed by atoms with E-state index in [2.05, 4.69) is 15.9 Å². The molecule has 0 saturated carbocycles. The molecule has 0 aliphatic carbocycles. The number of aromatic carboxylic acids is 1. The van der Waals surface area contributed by atoms with Gasteiger partial charge in [-0.3, -0.25) is 10.1 Å². The van der Waals surface area contributed by atoms with Crippen LogP contribution in [0.5, 0.6) is 0 Å². The van der Waals surface area contributed by atoms with E-state index in [4.69, 9.17) is 9.52 Å². The number of nitrogens with zero attached hydrogens (tertiary/aromatic N) is 1. The minimum Gasteiger partial charge on any atom is -0.478 e. The highest BCUT2D eigenvalue weighted by Gasteiger charge is 2.21. The van der Waals surface area contributed by atoms with E-state index in [0.29, 0.717) is 10.2 Å². The lowest BCUT2D eigenvalue weighted by molar-refractivity contribution is -0.384. The quantitative estimate of drug-likeness (QED) is 0.693. The Morgan fingerprint density at radius 1 is 1.39 bits per heavy atom. The van der Waals surface area contributed by atoms with Crippen molar-refractivity contribution < 1.29 is 19.2 Å². The van der Waals surface area contributed by atoms with E-state index < -0.39 is 10.9 Å². The van der Waals surface area contributed by atoms with E-state index in [9.17, 15) is 14.9 Å². The van der Waals surface area contributed by atoms with Gasteiger partial charge in [0.05, 0.1) is 26.8 Å². The molecule has 0 bridgehead atoms. The first kappa shape index (κ1) is 12.3. The maximum atomic E-state index is 11.0. The number of hydrogen-bond donors (Lipinski definition) is 1. The first-order valence-electron chi connectivity index (χ1n) is 4.76. The van der Waals surface area contributed by atoms with Gasteiger partial charge in [0, 0.05) is 6.07 Å². The van der Waals surface area contributed by atoms with Crippen molar-refractivity contribution in [3.8, 4) is 11.3 Å². The van der Waals surface area contributed by atoms with Gasteiger partial charge in [-0.2, -0.15) is 0 Å². The zero-order valence-electron chi connectivity index (χ0n) is 8.79. The average Bonchev–Trinajstić information content (AvgIpc) is 2.74. The highest BCUT2D eigenvalue weighted by molar-refractivity contribution is 9.10. The molecule has 0 aliphatic heterocycles. The van der Waals surface area contributed by atoms with E-state index in [0.717, 1.165) is 6.07 Å². The van der Waals surface area contributed by atoms with E-state index >= 15 is 0 Å². The summed E-state index contributed by atoms with van der Waals surface area (Å²) in [5.41, 5.74) is -0.236. The molecular formula is C11H6BrNO5. The molecule has 0 radical (unpaired) electrons. The molecule has 6 nitrogen and oxygen atoms in total. The van der Waals surface area contributed by atoms with Crippen molar-refractivity contribution in [1.82, 2.24) is 0 Å². The number of halogens is 1. The van der Waals surface area contributed by atoms with E-state index in [-0.39, 0.29) is 16.8 Å². The summed E-state index contributed by atoms with van der Waals surface area (Å²) < 4.78 is 5.71. The van der Waals surface area contributed by atoms with Crippen LogP contribution in [0.1, 0.15) is 10.4 Å². The Labute approximate surface area is 109 Å². The van der Waals surface area contributed by atoms with Gasteiger partial charge in [-0.15, -0.1) is 0 Å². The zero-order valence-corrected chi connectivity index (χ0v) is 10.4. The third-order valence-electron chi connectivity index (χ3n) is 2.30. The summed E-state index contributed by atoms with van der Waals surface area (Å²) >= 11 is 3.20. The fourth-order valence-corrected chi connectivity index (χ4v) is 1.91. The number of carbonyl (C=O) groups is 1. The van der Waals surface area contributed by atoms with Crippen LogP contribution in [0.2, 0.25) is 0 Å². The summed E-state index contributed by atoms with van der Waals surface area (Å²) in [6.45, 7) is 0. The van der Waals surface area contributed by atoms with Gasteiger partial charge in [-0.1, -0.05) is 0 Å². The molecule has 2 rings (SSSR count). The summed E-state index contributed by atoms with van der Waals surface area (Å²) in [7, 11) is 0. The molecule has 1 heterocycles. The molecule has 1 aromatic heterocycles. The molecule has 2 aromatic rings. The number of rotatable bonds is 3. The van der Waals surface area contributed by atoms with Crippen LogP contribution in [0, 0.1) is 10.1 Å². The van der Waals surface area contributed by atoms with Crippen LogP contribution in [0.4, 0.5) is 5.69 Å². The second-order valence-corrected chi connectivity index (χ2v) is 4.25. The van der Waals surface area contributed by atoms with Crippen molar-refractivity contribution in [3.63, 3.8) is 0 Å². The highest BCUT2D eigenvalue weighted by Crippen LogP contribution is 2.36. The van der Waals surface area contributed by atoms with Gasteiger partial charge >= 0.3 is 5.97 Å². The molecule has 1 aromatic carbocycles. The molecule has 0 fully saturated rings. The Morgan fingerprint density at radius 3 is 2.61 bits per heavy atom. The minimum absolute atomic E-state index is 0.145. The summed E-state index contributed by atoms with van der Waals surface area (Å²) in [4.78, 5) is 21.1. The summed E-state index contributed by atoms with van der Waals surface area (Å²) in [6.07, 6.45) is 1.38. The van der Waals surface area contributed by atoms with Gasteiger partial charge in [0.15, 0.2) is 5.76 Å². The van der Waals surface area contributed by atoms with E-state index in [1.54, 1.807) is 6.07 Å². The molecular weight excluding hydrogens is 306 g/mol. The standard InChI is InChI=1S/C11H6BrNO5/c12-8-3-4-18-10(8)7-2-1-6(11(14)15)5-9(7)13(16)17/h1-5H,(H,14,15). The summed E-state index contributed by atoms with van der Waals surface area (Å²) in [5, 5.41) is 19.8. The van der Waals surface area contributed by atoms with Crippen molar-refractivity contribution >= 4 is 27.6 Å². The zero-order chi connectivity index (χ0) is 13.3. The third kappa shape index (κ3) is 2.12. The van der Waals surface area contributed by atoms with Crippen LogP contribution in [-0.4, -0.2) is 16.0 Å². The predicted octanol–water partition coefficient (Wildman–Crippen LogP) is 3.32. The Hall–Kier alpha value is -2.15. The number of carboxylic acid groups (broad SMARTS) is 1. The topological polar surface area (TPSA) is 93.6 Å². The number of hydrogen-bond acceptors (Lipinski definition) is 4. The van der Waals surface area contributed by atoms with Crippen molar-refractivity contribution in [2.24, 2.45) is 0 Å². The average molecular weight is 312 g/mol. The Balaban J connectivity index is 2.65. The maximum Gasteiger partial charge on any atom is 0.335 e. The molecule has 0 aliphatic rings. The van der Waals surface area contributed by atoms with Gasteiger partial charge in [-0.05, 0) is 34.1 Å². The van der Waals surface area contributed by atoms with Crippen molar-refractivity contribution in [3.05, 3.63) is 50.7 Å². The van der Waals surface area contributed by atoms with Gasteiger partial charge in [-0.25, -0.2) is 4.79 Å². The Morgan fingerprint density at radius 2 is 2.11 bits per heavy atom. The van der Waals surface area contributed by atoms with Crippen LogP contribution in [-0.2, 0) is 0 Å². The number of benzene rings is 1. The lowest BCUT2D eigenvalue weighted by Gasteiger charge is -2.02. The normalized spacial score (nSPS) is 10.3. The van der Waals surface area contributed by atoms with Gasteiger partial charge in [0.2, 0.25) is 0 Å². The molecule has 0 saturated heterocycles. The van der Waals surface area contributed by atoms with Crippen LogP contribution in [0.15, 0.2) is 39.4 Å². The Kier molecular flexibility index (Phi) is 3.15. The van der Waals surface area contributed by atoms with Crippen molar-refractivity contribution in [1.29, 1.82) is 0 Å². The van der Waals surface area contributed by atoms with Crippen LogP contribution >= 0.6 is 15.9 Å². The molecule has 7 heteroatoms. The third-order valence-corrected chi connectivity index (χ3v) is 2.93.